The minimum atomic E-state index is -0.321. The van der Waals surface area contributed by atoms with E-state index >= 15 is 0 Å². The molecule has 0 amide bonds. The van der Waals surface area contributed by atoms with Gasteiger partial charge < -0.3 is 9.84 Å². The van der Waals surface area contributed by atoms with E-state index in [2.05, 4.69) is 18.9 Å². The van der Waals surface area contributed by atoms with Gasteiger partial charge in [0.2, 0.25) is 0 Å². The van der Waals surface area contributed by atoms with E-state index in [-0.39, 0.29) is 12.0 Å². The molecule has 1 N–H and O–H groups in total. The van der Waals surface area contributed by atoms with E-state index in [4.69, 9.17) is 4.74 Å². The Labute approximate surface area is 96.2 Å². The fourth-order valence-corrected chi connectivity index (χ4v) is 2.01. The second-order valence-electron chi connectivity index (χ2n) is 4.78. The highest BCUT2D eigenvalue weighted by Gasteiger charge is 2.24. The van der Waals surface area contributed by atoms with Gasteiger partial charge in [-0.3, -0.25) is 4.68 Å². The second kappa shape index (κ2) is 4.97. The predicted molar refractivity (Wildman–Crippen MR) is 61.2 cm³/mol. The van der Waals surface area contributed by atoms with E-state index in [0.717, 1.165) is 18.7 Å². The molecule has 1 aliphatic heterocycles. The molecule has 2 heterocycles. The number of hydrogen-bond acceptors (Lipinski definition) is 3. The van der Waals surface area contributed by atoms with Crippen LogP contribution in [0.3, 0.4) is 0 Å². The first kappa shape index (κ1) is 11.6. The number of aliphatic hydroxyl groups excluding tert-OH is 1. The highest BCUT2D eigenvalue weighted by Crippen LogP contribution is 2.19. The van der Waals surface area contributed by atoms with Crippen molar-refractivity contribution in [3.05, 3.63) is 18.0 Å². The van der Waals surface area contributed by atoms with Gasteiger partial charge in [0.25, 0.3) is 0 Å². The zero-order valence-electron chi connectivity index (χ0n) is 9.97. The SMILES string of the molecule is CC(C)n1ccc(CC(O)C2CCOC2)n1. The minimum absolute atomic E-state index is 0.282. The number of aliphatic hydroxyl groups is 1. The Morgan fingerprint density at radius 2 is 2.44 bits per heavy atom. The zero-order chi connectivity index (χ0) is 11.5. The molecule has 2 rings (SSSR count). The summed E-state index contributed by atoms with van der Waals surface area (Å²) in [7, 11) is 0. The molecule has 1 aliphatic rings. The van der Waals surface area contributed by atoms with E-state index in [9.17, 15) is 5.11 Å². The summed E-state index contributed by atoms with van der Waals surface area (Å²) < 4.78 is 7.20. The van der Waals surface area contributed by atoms with E-state index in [1.807, 2.05) is 16.9 Å². The Hall–Kier alpha value is -0.870. The lowest BCUT2D eigenvalue weighted by Gasteiger charge is -2.14. The lowest BCUT2D eigenvalue weighted by atomic mass is 9.98. The molecular formula is C12H20N2O2. The zero-order valence-corrected chi connectivity index (χ0v) is 9.97. The molecule has 16 heavy (non-hydrogen) atoms. The topological polar surface area (TPSA) is 47.3 Å². The maximum absolute atomic E-state index is 10.0. The molecule has 0 aliphatic carbocycles. The first-order valence-electron chi connectivity index (χ1n) is 5.96. The molecule has 1 aromatic heterocycles. The molecule has 90 valence electrons. The summed E-state index contributed by atoms with van der Waals surface area (Å²) in [6, 6.07) is 2.36. The molecule has 1 fully saturated rings. The van der Waals surface area contributed by atoms with Crippen LogP contribution in [0.5, 0.6) is 0 Å². The first-order chi connectivity index (χ1) is 7.66. The molecule has 0 bridgehead atoms. The molecule has 0 radical (unpaired) electrons. The van der Waals surface area contributed by atoms with Crippen LogP contribution in [-0.2, 0) is 11.2 Å². The Kier molecular flexibility index (Phi) is 3.61. The first-order valence-corrected chi connectivity index (χ1v) is 5.96. The molecule has 4 heteroatoms. The lowest BCUT2D eigenvalue weighted by molar-refractivity contribution is 0.0909. The number of aromatic nitrogens is 2. The van der Waals surface area contributed by atoms with Gasteiger partial charge in [-0.05, 0) is 26.3 Å². The van der Waals surface area contributed by atoms with Gasteiger partial charge >= 0.3 is 0 Å². The van der Waals surface area contributed by atoms with Crippen LogP contribution >= 0.6 is 0 Å². The number of ether oxygens (including phenoxy) is 1. The summed E-state index contributed by atoms with van der Waals surface area (Å²) in [5, 5.41) is 14.5. The van der Waals surface area contributed by atoms with Gasteiger partial charge in [-0.25, -0.2) is 0 Å². The third-order valence-electron chi connectivity index (χ3n) is 3.12. The Morgan fingerprint density at radius 3 is 3.00 bits per heavy atom. The summed E-state index contributed by atoms with van der Waals surface area (Å²) in [5.41, 5.74) is 0.966. The average Bonchev–Trinajstić information content (AvgIpc) is 2.87. The van der Waals surface area contributed by atoms with Crippen molar-refractivity contribution in [2.24, 2.45) is 5.92 Å². The van der Waals surface area contributed by atoms with Gasteiger partial charge in [0, 0.05) is 31.2 Å². The van der Waals surface area contributed by atoms with Crippen LogP contribution in [0, 0.1) is 5.92 Å². The summed E-state index contributed by atoms with van der Waals surface area (Å²) in [6.07, 6.45) is 3.25. The second-order valence-corrected chi connectivity index (χ2v) is 4.78. The largest absolute Gasteiger partial charge is 0.392 e. The van der Waals surface area contributed by atoms with E-state index in [1.165, 1.54) is 0 Å². The maximum Gasteiger partial charge on any atom is 0.0650 e. The number of hydrogen-bond donors (Lipinski definition) is 1. The van der Waals surface area contributed by atoms with Gasteiger partial charge in [-0.2, -0.15) is 5.10 Å². The summed E-state index contributed by atoms with van der Waals surface area (Å²) in [4.78, 5) is 0. The van der Waals surface area contributed by atoms with Gasteiger partial charge in [0.05, 0.1) is 18.4 Å². The smallest absolute Gasteiger partial charge is 0.0650 e. The van der Waals surface area contributed by atoms with Gasteiger partial charge in [-0.15, -0.1) is 0 Å². The van der Waals surface area contributed by atoms with Crippen LogP contribution in [-0.4, -0.2) is 34.2 Å². The number of rotatable bonds is 4. The molecule has 0 saturated carbocycles. The molecule has 1 aromatic rings. The predicted octanol–water partition coefficient (Wildman–Crippen LogP) is 1.40. The van der Waals surface area contributed by atoms with Crippen molar-refractivity contribution < 1.29 is 9.84 Å². The van der Waals surface area contributed by atoms with Crippen LogP contribution in [0.2, 0.25) is 0 Å². The molecule has 0 spiro atoms. The molecule has 4 nitrogen and oxygen atoms in total. The van der Waals surface area contributed by atoms with E-state index < -0.39 is 0 Å². The standard InChI is InChI=1S/C12H20N2O2/c1-9(2)14-5-3-11(13-14)7-12(15)10-4-6-16-8-10/h3,5,9-10,12,15H,4,6-8H2,1-2H3. The monoisotopic (exact) mass is 224 g/mol. The third-order valence-corrected chi connectivity index (χ3v) is 3.12. The molecule has 1 saturated heterocycles. The van der Waals surface area contributed by atoms with Gasteiger partial charge in [0.15, 0.2) is 0 Å². The van der Waals surface area contributed by atoms with Crippen molar-refractivity contribution in [3.8, 4) is 0 Å². The summed E-state index contributed by atoms with van der Waals surface area (Å²) >= 11 is 0. The minimum Gasteiger partial charge on any atom is -0.392 e. The van der Waals surface area contributed by atoms with Crippen molar-refractivity contribution in [1.29, 1.82) is 0 Å². The highest BCUT2D eigenvalue weighted by molar-refractivity contribution is 5.02. The number of nitrogens with zero attached hydrogens (tertiary/aromatic N) is 2. The Morgan fingerprint density at radius 1 is 1.62 bits per heavy atom. The normalized spacial score (nSPS) is 22.9. The lowest BCUT2D eigenvalue weighted by Crippen LogP contribution is -2.23. The fraction of sp³-hybridized carbons (Fsp3) is 0.750. The quantitative estimate of drug-likeness (QED) is 0.841. The van der Waals surface area contributed by atoms with Crippen LogP contribution in [0.15, 0.2) is 12.3 Å². The van der Waals surface area contributed by atoms with Crippen LogP contribution in [0.1, 0.15) is 32.0 Å². The maximum atomic E-state index is 10.0. The highest BCUT2D eigenvalue weighted by atomic mass is 16.5. The Bertz CT molecular complexity index is 330. The van der Waals surface area contributed by atoms with Crippen molar-refractivity contribution >= 4 is 0 Å². The van der Waals surface area contributed by atoms with Crippen LogP contribution < -0.4 is 0 Å². The molecule has 2 unspecified atom stereocenters. The fourth-order valence-electron chi connectivity index (χ4n) is 2.01. The van der Waals surface area contributed by atoms with Crippen molar-refractivity contribution in [1.82, 2.24) is 9.78 Å². The summed E-state index contributed by atoms with van der Waals surface area (Å²) in [6.45, 7) is 5.66. The molecular weight excluding hydrogens is 204 g/mol. The van der Waals surface area contributed by atoms with Gasteiger partial charge in [-0.1, -0.05) is 0 Å². The van der Waals surface area contributed by atoms with E-state index in [0.29, 0.717) is 19.1 Å². The average molecular weight is 224 g/mol. The van der Waals surface area contributed by atoms with Crippen molar-refractivity contribution in [3.63, 3.8) is 0 Å². The Balaban J connectivity index is 1.92. The van der Waals surface area contributed by atoms with Crippen molar-refractivity contribution in [2.45, 2.75) is 38.8 Å². The van der Waals surface area contributed by atoms with E-state index in [1.54, 1.807) is 0 Å². The van der Waals surface area contributed by atoms with Crippen molar-refractivity contribution in [2.75, 3.05) is 13.2 Å². The van der Waals surface area contributed by atoms with Gasteiger partial charge in [0.1, 0.15) is 0 Å². The molecule has 2 atom stereocenters. The van der Waals surface area contributed by atoms with Crippen LogP contribution in [0.25, 0.3) is 0 Å². The molecule has 0 aromatic carbocycles. The summed E-state index contributed by atoms with van der Waals surface area (Å²) in [5.74, 6) is 0.282. The third kappa shape index (κ3) is 2.62. The van der Waals surface area contributed by atoms with Crippen LogP contribution in [0.4, 0.5) is 0 Å².